The number of hydrogen-bond donors (Lipinski definition) is 3. The molecule has 130 valence electrons. The summed E-state index contributed by atoms with van der Waals surface area (Å²) in [5.41, 5.74) is 2.57. The van der Waals surface area contributed by atoms with Crippen molar-refractivity contribution in [1.29, 1.82) is 0 Å². The fourth-order valence-electron chi connectivity index (χ4n) is 2.06. The molecule has 0 saturated heterocycles. The second-order valence-electron chi connectivity index (χ2n) is 5.63. The first-order chi connectivity index (χ1) is 11.5. The molecule has 0 aliphatic heterocycles. The van der Waals surface area contributed by atoms with Gasteiger partial charge < -0.3 is 25.3 Å². The van der Waals surface area contributed by atoms with E-state index >= 15 is 0 Å². The highest BCUT2D eigenvalue weighted by molar-refractivity contribution is 5.71. The van der Waals surface area contributed by atoms with Crippen molar-refractivity contribution in [2.24, 2.45) is 0 Å². The molecule has 0 aromatic carbocycles. The number of hydrogen-bond acceptors (Lipinski definition) is 6. The highest BCUT2D eigenvalue weighted by Gasteiger charge is 2.11. The van der Waals surface area contributed by atoms with Crippen molar-refractivity contribution in [2.75, 3.05) is 39.0 Å². The van der Waals surface area contributed by atoms with Crippen LogP contribution in [0.5, 0.6) is 5.88 Å². The lowest BCUT2D eigenvalue weighted by atomic mass is 10.1. The molecule has 1 amide bonds. The van der Waals surface area contributed by atoms with E-state index in [1.54, 1.807) is 18.5 Å². The summed E-state index contributed by atoms with van der Waals surface area (Å²) < 4.78 is 5.23. The minimum atomic E-state index is -0.488. The number of carbonyl (C=O) groups excluding carboxylic acids is 1. The first kappa shape index (κ1) is 17.7. The van der Waals surface area contributed by atoms with Gasteiger partial charge in [0, 0.05) is 43.7 Å². The molecule has 8 nitrogen and oxygen atoms in total. The van der Waals surface area contributed by atoms with Crippen LogP contribution in [-0.2, 0) is 0 Å². The lowest BCUT2D eigenvalue weighted by molar-refractivity contribution is 0.197. The average Bonchev–Trinajstić information content (AvgIpc) is 2.97. The maximum absolute atomic E-state index is 11.7. The Morgan fingerprint density at radius 1 is 1.42 bits per heavy atom. The van der Waals surface area contributed by atoms with E-state index in [-0.39, 0.29) is 0 Å². The molecule has 24 heavy (non-hydrogen) atoms. The van der Waals surface area contributed by atoms with Gasteiger partial charge >= 0.3 is 6.09 Å². The molecule has 0 spiro atoms. The van der Waals surface area contributed by atoms with Crippen LogP contribution >= 0.6 is 0 Å². The molecule has 0 aliphatic carbocycles. The van der Waals surface area contributed by atoms with Gasteiger partial charge in [-0.3, -0.25) is 0 Å². The Morgan fingerprint density at radius 3 is 2.92 bits per heavy atom. The second kappa shape index (κ2) is 8.30. The molecule has 0 unspecified atom stereocenters. The molecule has 0 atom stereocenters. The zero-order valence-electron chi connectivity index (χ0n) is 14.5. The van der Waals surface area contributed by atoms with Crippen LogP contribution in [0.15, 0.2) is 18.5 Å². The van der Waals surface area contributed by atoms with Gasteiger partial charge in [-0.05, 0) is 33.5 Å². The zero-order valence-corrected chi connectivity index (χ0v) is 14.5. The van der Waals surface area contributed by atoms with E-state index in [1.807, 2.05) is 32.8 Å². The standard InChI is InChI=1S/C16H24N6O2/c1-5-17-15-20-9-11(2)14(21-15)12-8-13(19-10-12)24-16(23)18-6-7-22(3)4/h8-10,19H,5-7H2,1-4H3,(H,18,23)(H,17,20,21). The first-order valence-corrected chi connectivity index (χ1v) is 7.86. The van der Waals surface area contributed by atoms with Crippen molar-refractivity contribution in [3.63, 3.8) is 0 Å². The molecule has 2 aromatic rings. The third-order valence-electron chi connectivity index (χ3n) is 3.27. The van der Waals surface area contributed by atoms with E-state index in [2.05, 4.69) is 25.6 Å². The number of ether oxygens (including phenoxy) is 1. The third-order valence-corrected chi connectivity index (χ3v) is 3.27. The van der Waals surface area contributed by atoms with Gasteiger partial charge in [0.1, 0.15) is 0 Å². The van der Waals surface area contributed by atoms with Gasteiger partial charge in [0.25, 0.3) is 0 Å². The maximum Gasteiger partial charge on any atom is 0.413 e. The number of amides is 1. The van der Waals surface area contributed by atoms with E-state index in [1.165, 1.54) is 0 Å². The first-order valence-electron chi connectivity index (χ1n) is 7.86. The highest BCUT2D eigenvalue weighted by atomic mass is 16.6. The minimum absolute atomic E-state index is 0.371. The Kier molecular flexibility index (Phi) is 6.14. The van der Waals surface area contributed by atoms with Gasteiger partial charge in [-0.1, -0.05) is 0 Å². The Labute approximate surface area is 141 Å². The van der Waals surface area contributed by atoms with E-state index in [0.717, 1.165) is 29.9 Å². The lowest BCUT2D eigenvalue weighted by Gasteiger charge is -2.09. The minimum Gasteiger partial charge on any atom is -0.393 e. The third kappa shape index (κ3) is 4.95. The van der Waals surface area contributed by atoms with Crippen LogP contribution in [0.25, 0.3) is 11.3 Å². The zero-order chi connectivity index (χ0) is 17.5. The van der Waals surface area contributed by atoms with Gasteiger partial charge in [0.05, 0.1) is 5.69 Å². The topological polar surface area (TPSA) is 95.2 Å². The van der Waals surface area contributed by atoms with Crippen LogP contribution in [0.3, 0.4) is 0 Å². The molecule has 0 bridgehead atoms. The smallest absolute Gasteiger partial charge is 0.393 e. The summed E-state index contributed by atoms with van der Waals surface area (Å²) in [4.78, 5) is 25.4. The van der Waals surface area contributed by atoms with Crippen molar-refractivity contribution in [3.8, 4) is 17.1 Å². The van der Waals surface area contributed by atoms with Gasteiger partial charge in [0.15, 0.2) is 0 Å². The number of anilines is 1. The summed E-state index contributed by atoms with van der Waals surface area (Å²) in [6.45, 7) is 5.94. The van der Waals surface area contributed by atoms with E-state index < -0.39 is 6.09 Å². The van der Waals surface area contributed by atoms with Gasteiger partial charge in [0.2, 0.25) is 11.8 Å². The molecule has 0 saturated carbocycles. The SMILES string of the molecule is CCNc1ncc(C)c(-c2c[nH]c(OC(=O)NCCN(C)C)c2)n1. The Balaban J connectivity index is 2.02. The number of carbonyl (C=O) groups is 1. The quantitative estimate of drug-likeness (QED) is 0.716. The van der Waals surface area contributed by atoms with Crippen molar-refractivity contribution in [3.05, 3.63) is 24.0 Å². The number of aromatic nitrogens is 3. The van der Waals surface area contributed by atoms with Gasteiger partial charge in [-0.2, -0.15) is 0 Å². The average molecular weight is 332 g/mol. The van der Waals surface area contributed by atoms with Gasteiger partial charge in [-0.15, -0.1) is 0 Å². The fourth-order valence-corrected chi connectivity index (χ4v) is 2.06. The van der Waals surface area contributed by atoms with Crippen molar-refractivity contribution < 1.29 is 9.53 Å². The summed E-state index contributed by atoms with van der Waals surface area (Å²) in [7, 11) is 3.88. The number of rotatable bonds is 7. The summed E-state index contributed by atoms with van der Waals surface area (Å²) in [5, 5.41) is 5.77. The number of likely N-dealkylation sites (N-methyl/N-ethyl adjacent to an activating group) is 1. The fraction of sp³-hybridized carbons (Fsp3) is 0.438. The van der Waals surface area contributed by atoms with Crippen LogP contribution in [-0.4, -0.2) is 59.7 Å². The molecular formula is C16H24N6O2. The normalized spacial score (nSPS) is 10.7. The summed E-state index contributed by atoms with van der Waals surface area (Å²) >= 11 is 0. The summed E-state index contributed by atoms with van der Waals surface area (Å²) in [5.74, 6) is 0.943. The van der Waals surface area contributed by atoms with Crippen LogP contribution in [0.4, 0.5) is 10.7 Å². The molecular weight excluding hydrogens is 308 g/mol. The number of nitrogens with one attached hydrogen (secondary N) is 3. The highest BCUT2D eigenvalue weighted by Crippen LogP contribution is 2.25. The predicted octanol–water partition coefficient (Wildman–Crippen LogP) is 1.86. The molecule has 2 heterocycles. The molecule has 0 radical (unpaired) electrons. The Bertz CT molecular complexity index is 683. The molecule has 0 aliphatic rings. The monoisotopic (exact) mass is 332 g/mol. The number of aromatic amines is 1. The molecule has 3 N–H and O–H groups in total. The van der Waals surface area contributed by atoms with Crippen LogP contribution in [0.1, 0.15) is 12.5 Å². The number of nitrogens with zero attached hydrogens (tertiary/aromatic N) is 3. The number of aryl methyl sites for hydroxylation is 1. The largest absolute Gasteiger partial charge is 0.413 e. The van der Waals surface area contributed by atoms with Crippen LogP contribution in [0.2, 0.25) is 0 Å². The Hall–Kier alpha value is -2.61. The molecule has 2 aromatic heterocycles. The summed E-state index contributed by atoms with van der Waals surface area (Å²) in [6, 6.07) is 1.75. The van der Waals surface area contributed by atoms with Gasteiger partial charge in [-0.25, -0.2) is 14.8 Å². The van der Waals surface area contributed by atoms with Crippen LogP contribution < -0.4 is 15.4 Å². The second-order valence-corrected chi connectivity index (χ2v) is 5.63. The number of H-pyrrole nitrogens is 1. The van der Waals surface area contributed by atoms with E-state index in [9.17, 15) is 4.79 Å². The summed E-state index contributed by atoms with van der Waals surface area (Å²) in [6.07, 6.45) is 3.04. The van der Waals surface area contributed by atoms with Crippen LogP contribution in [0, 0.1) is 6.92 Å². The van der Waals surface area contributed by atoms with Crippen molar-refractivity contribution in [2.45, 2.75) is 13.8 Å². The molecule has 0 fully saturated rings. The molecule has 2 rings (SSSR count). The molecule has 8 heteroatoms. The van der Waals surface area contributed by atoms with Crippen molar-refractivity contribution >= 4 is 12.0 Å². The van der Waals surface area contributed by atoms with E-state index in [0.29, 0.717) is 18.4 Å². The van der Waals surface area contributed by atoms with E-state index in [4.69, 9.17) is 4.74 Å². The maximum atomic E-state index is 11.7. The van der Waals surface area contributed by atoms with Crippen molar-refractivity contribution in [1.82, 2.24) is 25.2 Å². The lowest BCUT2D eigenvalue weighted by Crippen LogP contribution is -2.33. The Morgan fingerprint density at radius 2 is 2.21 bits per heavy atom. The predicted molar refractivity (Wildman–Crippen MR) is 93.3 cm³/mol.